The van der Waals surface area contributed by atoms with Crippen LogP contribution in [0.25, 0.3) is 0 Å². The summed E-state index contributed by atoms with van der Waals surface area (Å²) in [7, 11) is -3.60. The highest BCUT2D eigenvalue weighted by molar-refractivity contribution is 7.89. The zero-order valence-corrected chi connectivity index (χ0v) is 14.7. The Morgan fingerprint density at radius 3 is 2.75 bits per heavy atom. The van der Waals surface area contributed by atoms with Gasteiger partial charge in [-0.2, -0.15) is 4.31 Å². The maximum absolute atomic E-state index is 12.8. The molecule has 24 heavy (non-hydrogen) atoms. The maximum atomic E-state index is 12.8. The molecule has 1 aromatic rings. The number of nitrogens with one attached hydrogen (secondary N) is 1. The zero-order valence-electron chi connectivity index (χ0n) is 13.9. The number of ether oxygens (including phenoxy) is 1. The number of amides is 1. The lowest BCUT2D eigenvalue weighted by atomic mass is 9.99. The Balaban J connectivity index is 2.10. The summed E-state index contributed by atoms with van der Waals surface area (Å²) in [6.07, 6.45) is 2.97. The average Bonchev–Trinajstić information content (AvgIpc) is 2.60. The molecule has 1 amide bonds. The van der Waals surface area contributed by atoms with Crippen molar-refractivity contribution in [1.29, 1.82) is 0 Å². The van der Waals surface area contributed by atoms with Gasteiger partial charge in [0, 0.05) is 19.6 Å². The predicted molar refractivity (Wildman–Crippen MR) is 92.3 cm³/mol. The molecular formula is C17H24N2O4S. The number of hydrogen-bond donors (Lipinski definition) is 1. The fourth-order valence-electron chi connectivity index (χ4n) is 2.72. The highest BCUT2D eigenvalue weighted by Gasteiger charge is 2.33. The van der Waals surface area contributed by atoms with E-state index in [-0.39, 0.29) is 23.3 Å². The quantitative estimate of drug-likeness (QED) is 0.759. The van der Waals surface area contributed by atoms with E-state index in [4.69, 9.17) is 4.74 Å². The molecule has 1 fully saturated rings. The van der Waals surface area contributed by atoms with Crippen molar-refractivity contribution in [3.63, 3.8) is 0 Å². The van der Waals surface area contributed by atoms with E-state index in [1.165, 1.54) is 4.31 Å². The van der Waals surface area contributed by atoms with Crippen LogP contribution in [0, 0.1) is 5.92 Å². The molecule has 0 radical (unpaired) electrons. The first-order valence-electron chi connectivity index (χ1n) is 8.10. The SMILES string of the molecule is C=CCNC(=O)C1CCCN(S(=O)(=O)c2ccc(OCC)cc2)C1. The second kappa shape index (κ2) is 8.30. The first-order chi connectivity index (χ1) is 11.5. The van der Waals surface area contributed by atoms with Gasteiger partial charge >= 0.3 is 0 Å². The van der Waals surface area contributed by atoms with E-state index in [1.54, 1.807) is 30.3 Å². The van der Waals surface area contributed by atoms with Gasteiger partial charge in [-0.1, -0.05) is 6.08 Å². The Hall–Kier alpha value is -1.86. The third kappa shape index (κ3) is 4.36. The van der Waals surface area contributed by atoms with Crippen molar-refractivity contribution >= 4 is 15.9 Å². The molecule has 6 nitrogen and oxygen atoms in total. The normalized spacial score (nSPS) is 18.8. The summed E-state index contributed by atoms with van der Waals surface area (Å²) < 4.78 is 32.3. The van der Waals surface area contributed by atoms with Crippen molar-refractivity contribution in [3.05, 3.63) is 36.9 Å². The Morgan fingerprint density at radius 1 is 1.42 bits per heavy atom. The van der Waals surface area contributed by atoms with E-state index < -0.39 is 10.0 Å². The molecule has 1 unspecified atom stereocenters. The molecule has 2 rings (SSSR count). The minimum atomic E-state index is -3.60. The van der Waals surface area contributed by atoms with E-state index in [9.17, 15) is 13.2 Å². The third-order valence-electron chi connectivity index (χ3n) is 3.95. The Bertz CT molecular complexity index is 670. The Labute approximate surface area is 143 Å². The summed E-state index contributed by atoms with van der Waals surface area (Å²) in [5.74, 6) is 0.189. The lowest BCUT2D eigenvalue weighted by Crippen LogP contribution is -2.45. The van der Waals surface area contributed by atoms with Gasteiger partial charge in [-0.15, -0.1) is 6.58 Å². The van der Waals surface area contributed by atoms with Gasteiger partial charge < -0.3 is 10.1 Å². The lowest BCUT2D eigenvalue weighted by molar-refractivity contribution is -0.125. The summed E-state index contributed by atoms with van der Waals surface area (Å²) in [6.45, 7) is 6.99. The molecule has 0 aromatic heterocycles. The van der Waals surface area contributed by atoms with Gasteiger partial charge in [-0.25, -0.2) is 8.42 Å². The topological polar surface area (TPSA) is 75.7 Å². The molecule has 132 valence electrons. The van der Waals surface area contributed by atoms with Crippen LogP contribution in [-0.4, -0.2) is 44.9 Å². The third-order valence-corrected chi connectivity index (χ3v) is 5.83. The molecule has 1 saturated heterocycles. The summed E-state index contributed by atoms with van der Waals surface area (Å²) >= 11 is 0. The second-order valence-corrected chi connectivity index (χ2v) is 7.58. The number of hydrogen-bond acceptors (Lipinski definition) is 4. The Morgan fingerprint density at radius 2 is 2.12 bits per heavy atom. The number of carbonyl (C=O) groups excluding carboxylic acids is 1. The van der Waals surface area contributed by atoms with Gasteiger partial charge in [0.1, 0.15) is 5.75 Å². The van der Waals surface area contributed by atoms with Gasteiger partial charge in [0.25, 0.3) is 0 Å². The number of carbonyl (C=O) groups is 1. The summed E-state index contributed by atoms with van der Waals surface area (Å²) in [4.78, 5) is 12.3. The van der Waals surface area contributed by atoms with Crippen LogP contribution in [0.2, 0.25) is 0 Å². The van der Waals surface area contributed by atoms with Crippen molar-refractivity contribution in [3.8, 4) is 5.75 Å². The van der Waals surface area contributed by atoms with Crippen LogP contribution >= 0.6 is 0 Å². The van der Waals surface area contributed by atoms with Crippen molar-refractivity contribution in [1.82, 2.24) is 9.62 Å². The van der Waals surface area contributed by atoms with Crippen LogP contribution in [-0.2, 0) is 14.8 Å². The van der Waals surface area contributed by atoms with E-state index in [0.29, 0.717) is 38.3 Å². The fraction of sp³-hybridized carbons (Fsp3) is 0.471. The summed E-state index contributed by atoms with van der Waals surface area (Å²) in [5, 5.41) is 2.74. The zero-order chi connectivity index (χ0) is 17.6. The molecule has 1 aliphatic rings. The summed E-state index contributed by atoms with van der Waals surface area (Å²) in [5.41, 5.74) is 0. The molecule has 0 aliphatic carbocycles. The van der Waals surface area contributed by atoms with E-state index in [1.807, 2.05) is 6.92 Å². The van der Waals surface area contributed by atoms with Gasteiger partial charge in [0.2, 0.25) is 15.9 Å². The highest BCUT2D eigenvalue weighted by Crippen LogP contribution is 2.25. The number of nitrogens with zero attached hydrogens (tertiary/aromatic N) is 1. The minimum absolute atomic E-state index is 0.124. The molecule has 0 saturated carbocycles. The standard InChI is InChI=1S/C17H24N2O4S/c1-3-11-18-17(20)14-6-5-12-19(13-14)24(21,22)16-9-7-15(8-10-16)23-4-2/h3,7-10,14H,1,4-6,11-13H2,2H3,(H,18,20). The molecule has 1 heterocycles. The van der Waals surface area contributed by atoms with Crippen LogP contribution in [0.1, 0.15) is 19.8 Å². The van der Waals surface area contributed by atoms with Crippen molar-refractivity contribution in [2.75, 3.05) is 26.2 Å². The largest absolute Gasteiger partial charge is 0.494 e. The van der Waals surface area contributed by atoms with E-state index in [0.717, 1.165) is 0 Å². The molecule has 0 bridgehead atoms. The van der Waals surface area contributed by atoms with Crippen LogP contribution in [0.3, 0.4) is 0 Å². The fourth-order valence-corrected chi connectivity index (χ4v) is 4.24. The Kier molecular flexibility index (Phi) is 6.39. The molecule has 7 heteroatoms. The molecule has 1 N–H and O–H groups in total. The van der Waals surface area contributed by atoms with Gasteiger partial charge in [-0.05, 0) is 44.0 Å². The van der Waals surface area contributed by atoms with Crippen LogP contribution in [0.5, 0.6) is 5.75 Å². The van der Waals surface area contributed by atoms with E-state index in [2.05, 4.69) is 11.9 Å². The predicted octanol–water partition coefficient (Wildman–Crippen LogP) is 1.79. The molecule has 1 atom stereocenters. The van der Waals surface area contributed by atoms with Gasteiger partial charge in [-0.3, -0.25) is 4.79 Å². The van der Waals surface area contributed by atoms with Crippen molar-refractivity contribution in [2.45, 2.75) is 24.7 Å². The maximum Gasteiger partial charge on any atom is 0.243 e. The van der Waals surface area contributed by atoms with Gasteiger partial charge in [0.05, 0.1) is 17.4 Å². The second-order valence-electron chi connectivity index (χ2n) is 5.64. The van der Waals surface area contributed by atoms with Crippen molar-refractivity contribution in [2.24, 2.45) is 5.92 Å². The minimum Gasteiger partial charge on any atom is -0.494 e. The van der Waals surface area contributed by atoms with Gasteiger partial charge in [0.15, 0.2) is 0 Å². The number of piperidine rings is 1. The molecule has 1 aromatic carbocycles. The van der Waals surface area contributed by atoms with Crippen LogP contribution in [0.15, 0.2) is 41.8 Å². The first kappa shape index (κ1) is 18.5. The average molecular weight is 352 g/mol. The van der Waals surface area contributed by atoms with E-state index >= 15 is 0 Å². The van der Waals surface area contributed by atoms with Crippen LogP contribution < -0.4 is 10.1 Å². The van der Waals surface area contributed by atoms with Crippen LogP contribution in [0.4, 0.5) is 0 Å². The smallest absolute Gasteiger partial charge is 0.243 e. The number of rotatable bonds is 7. The molecular weight excluding hydrogens is 328 g/mol. The molecule has 1 aliphatic heterocycles. The number of benzene rings is 1. The first-order valence-corrected chi connectivity index (χ1v) is 9.54. The van der Waals surface area contributed by atoms with Crippen molar-refractivity contribution < 1.29 is 17.9 Å². The summed E-state index contributed by atoms with van der Waals surface area (Å²) in [6, 6.07) is 6.38. The monoisotopic (exact) mass is 352 g/mol. The highest BCUT2D eigenvalue weighted by atomic mass is 32.2. The lowest BCUT2D eigenvalue weighted by Gasteiger charge is -2.31. The molecule has 0 spiro atoms. The number of sulfonamides is 1.